The van der Waals surface area contributed by atoms with Crippen LogP contribution < -0.4 is 10.2 Å². The topological polar surface area (TPSA) is 70.5 Å². The largest absolute Gasteiger partial charge is 0.365 e. The number of hydrogen-bond donors (Lipinski definition) is 1. The third-order valence-corrected chi connectivity index (χ3v) is 8.91. The van der Waals surface area contributed by atoms with Crippen LogP contribution in [0.5, 0.6) is 0 Å². The minimum absolute atomic E-state index is 0.0238. The number of halogens is 1. The summed E-state index contributed by atoms with van der Waals surface area (Å²) < 4.78 is 16.7. The number of rotatable bonds is 6. The van der Waals surface area contributed by atoms with Gasteiger partial charge >= 0.3 is 0 Å². The number of imidazole rings is 1. The van der Waals surface area contributed by atoms with Gasteiger partial charge in [-0.1, -0.05) is 25.1 Å². The highest BCUT2D eigenvalue weighted by atomic mass is 19.1. The molecule has 0 saturated carbocycles. The Morgan fingerprint density at radius 3 is 2.47 bits per heavy atom. The monoisotopic (exact) mass is 517 g/mol. The number of benzene rings is 2. The Kier molecular flexibility index (Phi) is 6.36. The van der Waals surface area contributed by atoms with Crippen LogP contribution in [0.15, 0.2) is 42.5 Å². The standard InChI is InChI=1S/C30H36FN5O2/c1-4-27(33-30(38)21-16-34(17-21)19(3)37)20-7-5-8-22(13-20)36-23-11-12-24(36)15-25(14-23)35-18(2)32-29-26(31)9-6-10-28(29)35/h5-10,13,21,23-25,27H,4,11-12,14-17H2,1-3H3,(H,33,38)/t23-,24+,25-,27-/m0/s1. The molecule has 0 unspecified atom stereocenters. The zero-order valence-corrected chi connectivity index (χ0v) is 22.4. The Labute approximate surface area is 223 Å². The van der Waals surface area contributed by atoms with E-state index in [1.54, 1.807) is 17.9 Å². The van der Waals surface area contributed by atoms with Crippen LogP contribution in [-0.4, -0.2) is 51.4 Å². The smallest absolute Gasteiger partial charge is 0.227 e. The summed E-state index contributed by atoms with van der Waals surface area (Å²) in [5, 5.41) is 3.23. The second-order valence-electron chi connectivity index (χ2n) is 11.2. The highest BCUT2D eigenvalue weighted by molar-refractivity contribution is 5.84. The molecule has 3 saturated heterocycles. The molecule has 2 bridgehead atoms. The Balaban J connectivity index is 1.18. The first-order valence-corrected chi connectivity index (χ1v) is 13.9. The number of aromatic nitrogens is 2. The second-order valence-corrected chi connectivity index (χ2v) is 11.2. The lowest BCUT2D eigenvalue weighted by atomic mass is 9.94. The normalized spacial score (nSPS) is 23.9. The maximum Gasteiger partial charge on any atom is 0.227 e. The van der Waals surface area contributed by atoms with Crippen molar-refractivity contribution in [1.29, 1.82) is 0 Å². The van der Waals surface area contributed by atoms with Crippen molar-refractivity contribution in [2.45, 2.75) is 77.0 Å². The average molecular weight is 518 g/mol. The van der Waals surface area contributed by atoms with Gasteiger partial charge in [0.1, 0.15) is 11.3 Å². The van der Waals surface area contributed by atoms with Crippen molar-refractivity contribution in [3.05, 3.63) is 59.7 Å². The number of anilines is 1. The number of amides is 2. The van der Waals surface area contributed by atoms with Gasteiger partial charge in [0, 0.05) is 43.8 Å². The summed E-state index contributed by atoms with van der Waals surface area (Å²) in [6, 6.07) is 15.0. The molecule has 1 N–H and O–H groups in total. The van der Waals surface area contributed by atoms with Crippen LogP contribution in [-0.2, 0) is 9.59 Å². The Bertz CT molecular complexity index is 1370. The van der Waals surface area contributed by atoms with E-state index in [0.717, 1.165) is 49.0 Å². The number of nitrogens with zero attached hydrogens (tertiary/aromatic N) is 4. The molecular weight excluding hydrogens is 481 g/mol. The third-order valence-electron chi connectivity index (χ3n) is 8.91. The lowest BCUT2D eigenvalue weighted by molar-refractivity contribution is -0.141. The molecule has 0 spiro atoms. The Morgan fingerprint density at radius 1 is 1.08 bits per heavy atom. The third kappa shape index (κ3) is 4.24. The summed E-state index contributed by atoms with van der Waals surface area (Å²) in [5.74, 6) is 0.551. The molecule has 1 aromatic heterocycles. The predicted octanol–water partition coefficient (Wildman–Crippen LogP) is 4.90. The van der Waals surface area contributed by atoms with Gasteiger partial charge in [0.2, 0.25) is 11.8 Å². The van der Waals surface area contributed by atoms with E-state index in [1.165, 1.54) is 11.8 Å². The fraction of sp³-hybridized carbons (Fsp3) is 0.500. The van der Waals surface area contributed by atoms with E-state index < -0.39 is 0 Å². The van der Waals surface area contributed by atoms with Crippen LogP contribution in [0.4, 0.5) is 10.1 Å². The molecule has 2 amide bonds. The first kappa shape index (κ1) is 24.9. The fourth-order valence-electron chi connectivity index (χ4n) is 6.95. The zero-order chi connectivity index (χ0) is 26.6. The number of piperidine rings is 1. The van der Waals surface area contributed by atoms with Crippen molar-refractivity contribution < 1.29 is 14.0 Å². The van der Waals surface area contributed by atoms with Gasteiger partial charge in [-0.05, 0) is 68.9 Å². The number of carbonyl (C=O) groups excluding carboxylic acids is 2. The van der Waals surface area contributed by atoms with Gasteiger partial charge in [-0.15, -0.1) is 0 Å². The molecule has 0 radical (unpaired) electrons. The van der Waals surface area contributed by atoms with E-state index in [2.05, 4.69) is 51.0 Å². The van der Waals surface area contributed by atoms with E-state index in [4.69, 9.17) is 0 Å². The molecule has 3 aliphatic heterocycles. The summed E-state index contributed by atoms with van der Waals surface area (Å²) in [5.41, 5.74) is 3.69. The zero-order valence-electron chi connectivity index (χ0n) is 22.4. The maximum absolute atomic E-state index is 14.4. The van der Waals surface area contributed by atoms with Crippen LogP contribution >= 0.6 is 0 Å². The highest BCUT2D eigenvalue weighted by Gasteiger charge is 2.42. The van der Waals surface area contributed by atoms with Gasteiger partial charge < -0.3 is 19.7 Å². The number of carbonyl (C=O) groups is 2. The molecule has 8 heteroatoms. The average Bonchev–Trinajstić information content (AvgIpc) is 3.34. The van der Waals surface area contributed by atoms with Crippen LogP contribution in [0.3, 0.4) is 0 Å². The molecule has 2 aromatic carbocycles. The summed E-state index contributed by atoms with van der Waals surface area (Å²) in [7, 11) is 0. The van der Waals surface area contributed by atoms with E-state index in [1.807, 2.05) is 13.0 Å². The number of hydrogen-bond acceptors (Lipinski definition) is 4. The van der Waals surface area contributed by atoms with Gasteiger partial charge in [-0.2, -0.15) is 0 Å². The highest BCUT2D eigenvalue weighted by Crippen LogP contribution is 2.45. The number of nitrogens with one attached hydrogen (secondary N) is 1. The lowest BCUT2D eigenvalue weighted by Gasteiger charge is -2.42. The first-order valence-electron chi connectivity index (χ1n) is 13.9. The van der Waals surface area contributed by atoms with Crippen molar-refractivity contribution in [3.63, 3.8) is 0 Å². The first-order chi connectivity index (χ1) is 18.3. The van der Waals surface area contributed by atoms with Crippen LogP contribution in [0.1, 0.15) is 69.4 Å². The van der Waals surface area contributed by atoms with Crippen molar-refractivity contribution in [2.24, 2.45) is 5.92 Å². The number of para-hydroxylation sites is 1. The molecule has 6 rings (SSSR count). The Hall–Kier alpha value is -3.42. The molecule has 4 atom stereocenters. The van der Waals surface area contributed by atoms with E-state index >= 15 is 0 Å². The summed E-state index contributed by atoms with van der Waals surface area (Å²) in [6.07, 6.45) is 5.11. The molecular formula is C30H36FN5O2. The van der Waals surface area contributed by atoms with Crippen LogP contribution in [0.2, 0.25) is 0 Å². The molecule has 4 heterocycles. The number of likely N-dealkylation sites (tertiary alicyclic amines) is 1. The van der Waals surface area contributed by atoms with Crippen LogP contribution in [0, 0.1) is 18.7 Å². The molecule has 3 aliphatic rings. The van der Waals surface area contributed by atoms with Crippen molar-refractivity contribution in [1.82, 2.24) is 19.8 Å². The molecule has 3 aromatic rings. The molecule has 38 heavy (non-hydrogen) atoms. The van der Waals surface area contributed by atoms with Crippen molar-refractivity contribution >= 4 is 28.5 Å². The van der Waals surface area contributed by atoms with Crippen molar-refractivity contribution in [2.75, 3.05) is 18.0 Å². The van der Waals surface area contributed by atoms with E-state index in [-0.39, 0.29) is 29.6 Å². The second kappa shape index (κ2) is 9.71. The van der Waals surface area contributed by atoms with Crippen LogP contribution in [0.25, 0.3) is 11.0 Å². The van der Waals surface area contributed by atoms with E-state index in [9.17, 15) is 14.0 Å². The molecule has 200 valence electrons. The minimum Gasteiger partial charge on any atom is -0.365 e. The summed E-state index contributed by atoms with van der Waals surface area (Å²) in [4.78, 5) is 33.2. The van der Waals surface area contributed by atoms with Gasteiger partial charge in [-0.3, -0.25) is 9.59 Å². The predicted molar refractivity (Wildman–Crippen MR) is 145 cm³/mol. The van der Waals surface area contributed by atoms with E-state index in [0.29, 0.717) is 36.7 Å². The van der Waals surface area contributed by atoms with Crippen molar-refractivity contribution in [3.8, 4) is 0 Å². The molecule has 7 nitrogen and oxygen atoms in total. The van der Waals surface area contributed by atoms with Gasteiger partial charge in [0.15, 0.2) is 5.82 Å². The lowest BCUT2D eigenvalue weighted by Crippen LogP contribution is -2.55. The SMILES string of the molecule is CC[C@H](NC(=O)C1CN(C(C)=O)C1)c1cccc(N2[C@@H]3CC[C@H]2C[C@H](n2c(C)nc4c(F)cccc42)C3)c1. The maximum atomic E-state index is 14.4. The molecule has 0 aliphatic carbocycles. The number of fused-ring (bicyclic) bond motifs is 3. The fourth-order valence-corrected chi connectivity index (χ4v) is 6.95. The van der Waals surface area contributed by atoms with Gasteiger partial charge in [-0.25, -0.2) is 9.37 Å². The molecule has 3 fully saturated rings. The summed E-state index contributed by atoms with van der Waals surface area (Å²) in [6.45, 7) is 6.64. The van der Waals surface area contributed by atoms with Gasteiger partial charge in [0.05, 0.1) is 17.5 Å². The number of aryl methyl sites for hydroxylation is 1. The quantitative estimate of drug-likeness (QED) is 0.505. The summed E-state index contributed by atoms with van der Waals surface area (Å²) >= 11 is 0. The Morgan fingerprint density at radius 2 is 1.79 bits per heavy atom. The van der Waals surface area contributed by atoms with Gasteiger partial charge in [0.25, 0.3) is 0 Å². The minimum atomic E-state index is -0.257.